The van der Waals surface area contributed by atoms with Crippen LogP contribution in [-0.2, 0) is 0 Å². The van der Waals surface area contributed by atoms with Gasteiger partial charge in [0.25, 0.3) is 5.56 Å². The third-order valence-electron chi connectivity index (χ3n) is 3.99. The van der Waals surface area contributed by atoms with Crippen LogP contribution < -0.4 is 5.56 Å². The highest BCUT2D eigenvalue weighted by Gasteiger charge is 2.01. The number of benzene rings is 2. The normalized spacial score (nSPS) is 10.4. The Kier molecular flexibility index (Phi) is 4.29. The minimum atomic E-state index is -0.405. The van der Waals surface area contributed by atoms with Gasteiger partial charge in [-0.05, 0) is 49.2 Å². The third kappa shape index (κ3) is 2.99. The highest BCUT2D eigenvalue weighted by molar-refractivity contribution is 5.82. The SMILES string of the molecule is Cc1cccc2c1ccc(=O)n2O.Cc1cccc2ncccc12. The summed E-state index contributed by atoms with van der Waals surface area (Å²) in [7, 11) is 0. The van der Waals surface area contributed by atoms with Crippen molar-refractivity contribution in [3.05, 3.63) is 88.3 Å². The summed E-state index contributed by atoms with van der Waals surface area (Å²) < 4.78 is 0.669. The maximum Gasteiger partial charge on any atom is 0.283 e. The predicted octanol–water partition coefficient (Wildman–Crippen LogP) is 4.09. The molecular weight excluding hydrogens is 300 g/mol. The number of hydrogen-bond donors (Lipinski definition) is 1. The number of rotatable bonds is 0. The van der Waals surface area contributed by atoms with E-state index in [0.29, 0.717) is 10.2 Å². The molecule has 0 spiro atoms. The van der Waals surface area contributed by atoms with Crippen LogP contribution in [0.2, 0.25) is 0 Å². The molecule has 1 N–H and O–H groups in total. The van der Waals surface area contributed by atoms with Crippen LogP contribution in [-0.4, -0.2) is 14.9 Å². The molecule has 0 unspecified atom stereocenters. The van der Waals surface area contributed by atoms with Gasteiger partial charge in [-0.3, -0.25) is 9.78 Å². The second-order valence-corrected chi connectivity index (χ2v) is 5.64. The Labute approximate surface area is 139 Å². The summed E-state index contributed by atoms with van der Waals surface area (Å²) in [5, 5.41) is 11.5. The quantitative estimate of drug-likeness (QED) is 0.497. The zero-order chi connectivity index (χ0) is 17.1. The van der Waals surface area contributed by atoms with E-state index in [1.807, 2.05) is 43.5 Å². The molecule has 4 heteroatoms. The van der Waals surface area contributed by atoms with Gasteiger partial charge < -0.3 is 5.21 Å². The Bertz CT molecular complexity index is 1060. The van der Waals surface area contributed by atoms with Gasteiger partial charge in [-0.25, -0.2) is 0 Å². The molecule has 0 radical (unpaired) electrons. The first kappa shape index (κ1) is 15.7. The van der Waals surface area contributed by atoms with Gasteiger partial charge in [-0.1, -0.05) is 30.3 Å². The number of nitrogens with zero attached hydrogens (tertiary/aromatic N) is 2. The Morgan fingerprint density at radius 2 is 1.54 bits per heavy atom. The summed E-state index contributed by atoms with van der Waals surface area (Å²) >= 11 is 0. The van der Waals surface area contributed by atoms with Gasteiger partial charge >= 0.3 is 0 Å². The molecule has 2 aromatic carbocycles. The van der Waals surface area contributed by atoms with E-state index in [9.17, 15) is 10.0 Å². The van der Waals surface area contributed by atoms with Gasteiger partial charge in [-0.15, -0.1) is 4.73 Å². The van der Waals surface area contributed by atoms with Crippen molar-refractivity contribution in [2.75, 3.05) is 0 Å². The molecule has 0 aliphatic heterocycles. The first-order chi connectivity index (χ1) is 11.6. The molecule has 2 heterocycles. The van der Waals surface area contributed by atoms with E-state index in [0.717, 1.165) is 16.5 Å². The van der Waals surface area contributed by atoms with E-state index in [4.69, 9.17) is 0 Å². The van der Waals surface area contributed by atoms with Crippen molar-refractivity contribution < 1.29 is 5.21 Å². The van der Waals surface area contributed by atoms with Gasteiger partial charge in [0.1, 0.15) is 0 Å². The first-order valence-electron chi connectivity index (χ1n) is 7.69. The molecule has 0 fully saturated rings. The van der Waals surface area contributed by atoms with Crippen LogP contribution in [0.25, 0.3) is 21.8 Å². The molecule has 0 saturated heterocycles. The smallest absolute Gasteiger partial charge is 0.283 e. The summed E-state index contributed by atoms with van der Waals surface area (Å²) in [6.07, 6.45) is 1.82. The summed E-state index contributed by atoms with van der Waals surface area (Å²) in [5.74, 6) is 0. The van der Waals surface area contributed by atoms with E-state index >= 15 is 0 Å². The van der Waals surface area contributed by atoms with Crippen LogP contribution in [0.15, 0.2) is 71.7 Å². The summed E-state index contributed by atoms with van der Waals surface area (Å²) in [4.78, 5) is 15.3. The fourth-order valence-electron chi connectivity index (χ4n) is 2.67. The summed E-state index contributed by atoms with van der Waals surface area (Å²) in [6, 6.07) is 18.8. The topological polar surface area (TPSA) is 55.1 Å². The average Bonchev–Trinajstić information content (AvgIpc) is 2.60. The Hall–Kier alpha value is -3.14. The molecule has 0 aliphatic carbocycles. The van der Waals surface area contributed by atoms with E-state index < -0.39 is 5.56 Å². The van der Waals surface area contributed by atoms with Crippen molar-refractivity contribution in [3.63, 3.8) is 0 Å². The van der Waals surface area contributed by atoms with Gasteiger partial charge in [-0.2, -0.15) is 0 Å². The van der Waals surface area contributed by atoms with E-state index in [1.54, 1.807) is 12.1 Å². The van der Waals surface area contributed by atoms with Crippen molar-refractivity contribution in [3.8, 4) is 0 Å². The van der Waals surface area contributed by atoms with Gasteiger partial charge in [0.2, 0.25) is 0 Å². The van der Waals surface area contributed by atoms with Crippen molar-refractivity contribution in [2.24, 2.45) is 0 Å². The molecule has 24 heavy (non-hydrogen) atoms. The minimum Gasteiger partial charge on any atom is -0.425 e. The highest BCUT2D eigenvalue weighted by Crippen LogP contribution is 2.15. The molecule has 0 aliphatic rings. The second kappa shape index (κ2) is 6.54. The fraction of sp³-hybridized carbons (Fsp3) is 0.100. The van der Waals surface area contributed by atoms with Crippen LogP contribution in [0, 0.1) is 13.8 Å². The molecule has 0 amide bonds. The van der Waals surface area contributed by atoms with Crippen molar-refractivity contribution in [1.29, 1.82) is 0 Å². The molecular formula is C20H18N2O2. The van der Waals surface area contributed by atoms with Crippen molar-refractivity contribution in [2.45, 2.75) is 13.8 Å². The molecule has 120 valence electrons. The summed E-state index contributed by atoms with van der Waals surface area (Å²) in [5.41, 5.74) is 3.55. The molecule has 2 aromatic heterocycles. The lowest BCUT2D eigenvalue weighted by molar-refractivity contribution is 0.188. The predicted molar refractivity (Wildman–Crippen MR) is 96.6 cm³/mol. The minimum absolute atomic E-state index is 0.405. The molecule has 0 bridgehead atoms. The lowest BCUT2D eigenvalue weighted by Gasteiger charge is -2.03. The van der Waals surface area contributed by atoms with Crippen LogP contribution in [0.5, 0.6) is 0 Å². The van der Waals surface area contributed by atoms with E-state index in [2.05, 4.69) is 24.0 Å². The number of aromatic nitrogens is 2. The second-order valence-electron chi connectivity index (χ2n) is 5.64. The largest absolute Gasteiger partial charge is 0.425 e. The van der Waals surface area contributed by atoms with Crippen LogP contribution >= 0.6 is 0 Å². The lowest BCUT2D eigenvalue weighted by Crippen LogP contribution is -2.16. The Morgan fingerprint density at radius 3 is 2.29 bits per heavy atom. The number of pyridine rings is 2. The summed E-state index contributed by atoms with van der Waals surface area (Å²) in [6.45, 7) is 4.04. The highest BCUT2D eigenvalue weighted by atomic mass is 16.5. The number of aryl methyl sites for hydroxylation is 2. The van der Waals surface area contributed by atoms with Gasteiger partial charge in [0.05, 0.1) is 11.0 Å². The average molecular weight is 318 g/mol. The van der Waals surface area contributed by atoms with Gasteiger partial charge in [0, 0.05) is 23.0 Å². The number of fused-ring (bicyclic) bond motifs is 2. The molecule has 4 aromatic rings. The molecule has 0 atom stereocenters. The van der Waals surface area contributed by atoms with E-state index in [1.165, 1.54) is 17.0 Å². The first-order valence-corrected chi connectivity index (χ1v) is 7.69. The van der Waals surface area contributed by atoms with Crippen LogP contribution in [0.3, 0.4) is 0 Å². The standard InChI is InChI=1S/C10H9NO2.C10H9N/c1-7-3-2-4-9-8(7)5-6-10(12)11(9)13;1-8-4-2-6-10-9(8)5-3-7-11-10/h2-6,13H,1H3;2-7H,1H3. The maximum absolute atomic E-state index is 11.1. The Balaban J connectivity index is 0.000000143. The Morgan fingerprint density at radius 1 is 0.833 bits per heavy atom. The monoisotopic (exact) mass is 318 g/mol. The third-order valence-corrected chi connectivity index (χ3v) is 3.99. The molecule has 0 saturated carbocycles. The van der Waals surface area contributed by atoms with Crippen molar-refractivity contribution >= 4 is 21.8 Å². The fourth-order valence-corrected chi connectivity index (χ4v) is 2.67. The van der Waals surface area contributed by atoms with E-state index in [-0.39, 0.29) is 0 Å². The zero-order valence-corrected chi connectivity index (χ0v) is 13.6. The van der Waals surface area contributed by atoms with Crippen LogP contribution in [0.4, 0.5) is 0 Å². The zero-order valence-electron chi connectivity index (χ0n) is 13.6. The van der Waals surface area contributed by atoms with Gasteiger partial charge in [0.15, 0.2) is 0 Å². The lowest BCUT2D eigenvalue weighted by atomic mass is 10.1. The molecule has 4 rings (SSSR count). The van der Waals surface area contributed by atoms with Crippen LogP contribution in [0.1, 0.15) is 11.1 Å². The number of hydrogen-bond acceptors (Lipinski definition) is 3. The molecule has 4 nitrogen and oxygen atoms in total. The maximum atomic E-state index is 11.1. The van der Waals surface area contributed by atoms with Crippen molar-refractivity contribution in [1.82, 2.24) is 9.71 Å².